The van der Waals surface area contributed by atoms with Gasteiger partial charge in [0.1, 0.15) is 16.8 Å². The number of carbonyl (C=O) groups excluding carboxylic acids is 5. The number of nitrogens with zero attached hydrogens (tertiary/aromatic N) is 3. The van der Waals surface area contributed by atoms with Crippen molar-refractivity contribution in [2.24, 2.45) is 0 Å². The molecule has 0 saturated carbocycles. The second-order valence-corrected chi connectivity index (χ2v) is 17.7. The van der Waals surface area contributed by atoms with Gasteiger partial charge in [-0.3, -0.25) is 9.78 Å². The molecule has 2 atom stereocenters. The van der Waals surface area contributed by atoms with Crippen molar-refractivity contribution < 1.29 is 38.2 Å². The molecule has 6 rings (SSSR count). The predicted molar refractivity (Wildman–Crippen MR) is 230 cm³/mol. The summed E-state index contributed by atoms with van der Waals surface area (Å²) in [6.07, 6.45) is 3.72. The van der Waals surface area contributed by atoms with Crippen molar-refractivity contribution in [1.82, 2.24) is 30.2 Å². The number of ether oxygens (including phenoxy) is 3. The summed E-state index contributed by atoms with van der Waals surface area (Å²) in [6, 6.07) is 5.79. The smallest absolute Gasteiger partial charge is 0.407 e. The molecule has 0 fully saturated rings. The molecular formula is C46H56N6O8. The van der Waals surface area contributed by atoms with E-state index in [1.165, 1.54) is 6.08 Å². The molecule has 3 N–H and O–H groups in total. The first-order valence-electron chi connectivity index (χ1n) is 20.4. The van der Waals surface area contributed by atoms with Gasteiger partial charge >= 0.3 is 24.0 Å². The largest absolute Gasteiger partial charge is 0.457 e. The molecular weight excluding hydrogens is 765 g/mol. The third-order valence-electron chi connectivity index (χ3n) is 11.0. The highest BCUT2D eigenvalue weighted by atomic mass is 16.6. The molecule has 0 radical (unpaired) electrons. The van der Waals surface area contributed by atoms with E-state index in [1.807, 2.05) is 59.7 Å². The van der Waals surface area contributed by atoms with Crippen LogP contribution in [0.5, 0.6) is 0 Å². The first-order chi connectivity index (χ1) is 28.1. The first kappa shape index (κ1) is 43.5. The van der Waals surface area contributed by atoms with Gasteiger partial charge in [0, 0.05) is 72.3 Å². The lowest BCUT2D eigenvalue weighted by molar-refractivity contribution is -0.148. The van der Waals surface area contributed by atoms with Gasteiger partial charge in [-0.05, 0) is 122 Å². The number of fused-ring (bicyclic) bond motifs is 8. The van der Waals surface area contributed by atoms with Crippen LogP contribution in [0.2, 0.25) is 0 Å². The number of rotatable bonds is 9. The molecule has 0 spiro atoms. The monoisotopic (exact) mass is 820 g/mol. The normalized spacial score (nSPS) is 16.6. The van der Waals surface area contributed by atoms with Crippen LogP contribution >= 0.6 is 0 Å². The Morgan fingerprint density at radius 2 is 1.53 bits per heavy atom. The number of likely N-dealkylation sites (N-methyl/N-ethyl adjacent to an activating group) is 1. The highest BCUT2D eigenvalue weighted by Crippen LogP contribution is 2.44. The van der Waals surface area contributed by atoms with Gasteiger partial charge in [0.05, 0.1) is 28.2 Å². The lowest BCUT2D eigenvalue weighted by Crippen LogP contribution is -2.38. The van der Waals surface area contributed by atoms with Crippen molar-refractivity contribution in [2.75, 3.05) is 20.1 Å². The highest BCUT2D eigenvalue weighted by Gasteiger charge is 2.39. The van der Waals surface area contributed by atoms with Gasteiger partial charge in [-0.25, -0.2) is 24.2 Å². The number of allylic oxidation sites excluding steroid dienone is 2. The summed E-state index contributed by atoms with van der Waals surface area (Å²) in [7, 11) is 1.67. The van der Waals surface area contributed by atoms with Gasteiger partial charge in [0.15, 0.2) is 0 Å². The molecule has 318 valence electrons. The standard InChI is InChI=1S/C46H56N6O8/c1-13-27-23(2)31-21-35-28(15-17-37(54)59-45(6,7)8)24(3)30(49-35)20-32-25(4)29(14-16-36(53)52(12)19-18-47-44(57)60-46(9,10)11)40(50-32)39-41-38(42(55)58-43(39)56)26(5)33(51-41)22-34(27)48-31/h15,17,20-22,25,29,49,51H,13-14,16,18-19H2,1-12H3,(H,47,57)/b17-15+,30-20?,31-21?,32-20?,33-22?,34-22?,35-21?,40-39?/t25-,29-/m0/s1. The number of cyclic esters (lactones) is 2. The van der Waals surface area contributed by atoms with Gasteiger partial charge in [-0.1, -0.05) is 13.8 Å². The SMILES string of the molecule is CCC1=C(C)c2cc3[nH]c(cc4nc(c5c6[nH]c(cc1n2)c(C)c6C(=O)OC5=O)[C@@H](CCC(=O)N(C)CCNC(=O)OC(C)(C)C)[C@@H]4C)c(C)c3/C=C/C(=O)OC(C)(C)C. The number of carbonyl (C=O) groups is 5. The lowest BCUT2D eigenvalue weighted by atomic mass is 9.85. The molecule has 6 heterocycles. The summed E-state index contributed by atoms with van der Waals surface area (Å²) in [5, 5.41) is 2.69. The van der Waals surface area contributed by atoms with Gasteiger partial charge in [-0.2, -0.15) is 0 Å². The van der Waals surface area contributed by atoms with Crippen LogP contribution < -0.4 is 5.32 Å². The van der Waals surface area contributed by atoms with E-state index in [0.29, 0.717) is 46.5 Å². The third-order valence-corrected chi connectivity index (χ3v) is 11.0. The zero-order chi connectivity index (χ0) is 44.0. The molecule has 3 aromatic heterocycles. The molecule has 14 nitrogen and oxygen atoms in total. The molecule has 14 heteroatoms. The number of esters is 3. The van der Waals surface area contributed by atoms with Crippen LogP contribution in [0.4, 0.5) is 4.79 Å². The van der Waals surface area contributed by atoms with E-state index in [9.17, 15) is 24.0 Å². The zero-order valence-corrected chi connectivity index (χ0v) is 36.7. The number of alkyl carbamates (subject to hydrolysis) is 1. The number of hydrogen-bond donors (Lipinski definition) is 3. The number of amides is 2. The molecule has 3 aliphatic rings. The fourth-order valence-corrected chi connectivity index (χ4v) is 7.88. The minimum atomic E-state index is -0.823. The van der Waals surface area contributed by atoms with Gasteiger partial charge in [0.25, 0.3) is 0 Å². The van der Waals surface area contributed by atoms with E-state index in [2.05, 4.69) is 22.2 Å². The first-order valence-corrected chi connectivity index (χ1v) is 20.4. The van der Waals surface area contributed by atoms with Crippen LogP contribution in [0, 0.1) is 13.8 Å². The Balaban J connectivity index is 1.51. The summed E-state index contributed by atoms with van der Waals surface area (Å²) < 4.78 is 16.3. The van der Waals surface area contributed by atoms with Crippen molar-refractivity contribution in [3.63, 3.8) is 0 Å². The van der Waals surface area contributed by atoms with Crippen molar-refractivity contribution in [2.45, 2.75) is 118 Å². The predicted octanol–water partition coefficient (Wildman–Crippen LogP) is 8.59. The number of H-pyrrole nitrogens is 2. The average Bonchev–Trinajstić information content (AvgIpc) is 3.81. The molecule has 0 unspecified atom stereocenters. The number of aryl methyl sites for hydroxylation is 2. The van der Waals surface area contributed by atoms with E-state index in [-0.39, 0.29) is 42.5 Å². The molecule has 3 aliphatic heterocycles. The third kappa shape index (κ3) is 9.07. The summed E-state index contributed by atoms with van der Waals surface area (Å²) in [5.41, 5.74) is 8.17. The minimum Gasteiger partial charge on any atom is -0.457 e. The lowest BCUT2D eigenvalue weighted by Gasteiger charge is -2.22. The highest BCUT2D eigenvalue weighted by molar-refractivity contribution is 6.18. The van der Waals surface area contributed by atoms with Crippen molar-refractivity contribution in [3.8, 4) is 0 Å². The number of aromatic amines is 2. The Bertz CT molecular complexity index is 2530. The Kier molecular flexibility index (Phi) is 12.0. The van der Waals surface area contributed by atoms with Crippen LogP contribution in [0.3, 0.4) is 0 Å². The topological polar surface area (TPSA) is 186 Å². The molecule has 0 aromatic carbocycles. The van der Waals surface area contributed by atoms with Crippen LogP contribution in [0.25, 0.3) is 39.3 Å². The number of hydrogen-bond acceptors (Lipinski definition) is 10. The van der Waals surface area contributed by atoms with E-state index in [0.717, 1.165) is 39.0 Å². The second-order valence-electron chi connectivity index (χ2n) is 17.7. The van der Waals surface area contributed by atoms with Crippen LogP contribution in [0.15, 0.2) is 24.3 Å². The van der Waals surface area contributed by atoms with Gasteiger partial charge in [-0.15, -0.1) is 0 Å². The maximum atomic E-state index is 13.9. The van der Waals surface area contributed by atoms with E-state index in [1.54, 1.807) is 45.7 Å². The molecule has 2 amide bonds. The summed E-state index contributed by atoms with van der Waals surface area (Å²) in [4.78, 5) is 84.5. The quantitative estimate of drug-likeness (QED) is 0.0817. The van der Waals surface area contributed by atoms with Gasteiger partial charge < -0.3 is 34.4 Å². The number of nitrogens with one attached hydrogen (secondary N) is 3. The average molecular weight is 821 g/mol. The van der Waals surface area contributed by atoms with Crippen molar-refractivity contribution in [3.05, 3.63) is 74.9 Å². The molecule has 60 heavy (non-hydrogen) atoms. The Morgan fingerprint density at radius 1 is 0.883 bits per heavy atom. The Labute approximate surface area is 350 Å². The van der Waals surface area contributed by atoms with Crippen molar-refractivity contribution >= 4 is 69.2 Å². The van der Waals surface area contributed by atoms with Gasteiger partial charge in [0.2, 0.25) is 5.91 Å². The maximum absolute atomic E-state index is 13.9. The maximum Gasteiger partial charge on any atom is 0.407 e. The molecule has 8 bridgehead atoms. The fourth-order valence-electron chi connectivity index (χ4n) is 7.88. The summed E-state index contributed by atoms with van der Waals surface area (Å²) in [6.45, 7) is 21.1. The van der Waals surface area contributed by atoms with E-state index < -0.39 is 41.1 Å². The Morgan fingerprint density at radius 3 is 2.20 bits per heavy atom. The Hall–Kier alpha value is -6.05. The zero-order valence-electron chi connectivity index (χ0n) is 36.7. The number of aromatic nitrogens is 4. The molecule has 0 saturated heterocycles. The van der Waals surface area contributed by atoms with E-state index in [4.69, 9.17) is 24.2 Å². The van der Waals surface area contributed by atoms with Crippen LogP contribution in [0.1, 0.15) is 154 Å². The van der Waals surface area contributed by atoms with E-state index >= 15 is 0 Å². The van der Waals surface area contributed by atoms with Crippen LogP contribution in [-0.2, 0) is 23.8 Å². The summed E-state index contributed by atoms with van der Waals surface area (Å²) >= 11 is 0. The minimum absolute atomic E-state index is 0.116. The second kappa shape index (κ2) is 16.5. The summed E-state index contributed by atoms with van der Waals surface area (Å²) in [5.74, 6) is -2.92. The fraction of sp³-hybridized carbons (Fsp3) is 0.457. The van der Waals surface area contributed by atoms with Crippen molar-refractivity contribution in [1.29, 1.82) is 0 Å². The molecule has 3 aromatic rings. The molecule has 0 aliphatic carbocycles. The van der Waals surface area contributed by atoms with Crippen LogP contribution in [-0.4, -0.2) is 86.1 Å².